The number of phenols is 2. The largest absolute Gasteiger partial charge is 0.507 e. The number of fused-ring (bicyclic) bond motifs is 6. The summed E-state index contributed by atoms with van der Waals surface area (Å²) in [5.74, 6) is -9.19. The lowest BCUT2D eigenvalue weighted by atomic mass is 9.75. The van der Waals surface area contributed by atoms with Gasteiger partial charge in [-0.25, -0.2) is 0 Å². The van der Waals surface area contributed by atoms with Gasteiger partial charge < -0.3 is 60.9 Å². The number of carboxylic acids is 2. The number of aliphatic hydroxyl groups is 7. The number of carbonyl (C=O) groups excluding carboxylic acids is 2. The van der Waals surface area contributed by atoms with Crippen molar-refractivity contribution >= 4 is 57.6 Å². The summed E-state index contributed by atoms with van der Waals surface area (Å²) in [6, 6.07) is 11.1. The standard InChI is InChI=1S/C24H24O9.C23H20O9/c1-23(33)13-8-12-6-11(10-24(4-5-25,21(29)30)22(31)32)7-17(27)19-16(26)3-2-14(18(12)19)15(9-13)20(23)28;24-4-3-22(20(28)32-21(22)29)9-10-5-11-7-12-8-14(19(27)23(12,30)31)13-1-2-15(25)18(17(11)13)16(26)6-10/h2-3,6-8,15,20,25-26,28,33H,4-5,9-10H2,1H3,(H,29,30)(H,31,32);1-2,5-7,14,19,24-25,27,30-31H,3-4,8-9H2. The number of aromatic hydroxyl groups is 2. The zero-order chi connectivity index (χ0) is 47.3. The number of phenolic OH excluding ortho intramolecular Hbond substituents is 2. The topological polar surface area (TPSA) is 334 Å². The van der Waals surface area contributed by atoms with Gasteiger partial charge in [-0.2, -0.15) is 0 Å². The molecule has 0 aromatic heterocycles. The maximum atomic E-state index is 13.1. The van der Waals surface area contributed by atoms with E-state index in [0.717, 1.165) is 6.07 Å². The minimum absolute atomic E-state index is 0.0134. The Hall–Kier alpha value is -6.38. The Balaban J connectivity index is 0.000000177. The maximum absolute atomic E-state index is 13.1. The van der Waals surface area contributed by atoms with Crippen molar-refractivity contribution in [3.05, 3.63) is 114 Å². The summed E-state index contributed by atoms with van der Waals surface area (Å²) in [5, 5.41) is 113. The van der Waals surface area contributed by atoms with Crippen molar-refractivity contribution in [3.63, 3.8) is 0 Å². The Morgan fingerprint density at radius 2 is 1.18 bits per heavy atom. The Bertz CT molecular complexity index is 2940. The molecule has 0 amide bonds. The second kappa shape index (κ2) is 15.7. The smallest absolute Gasteiger partial charge is 0.331 e. The molecule has 5 atom stereocenters. The van der Waals surface area contributed by atoms with Crippen molar-refractivity contribution in [1.29, 1.82) is 0 Å². The molecule has 2 saturated carbocycles. The van der Waals surface area contributed by atoms with Crippen LogP contribution in [0.2, 0.25) is 0 Å². The van der Waals surface area contributed by atoms with Crippen LogP contribution in [0.4, 0.5) is 0 Å². The third-order valence-corrected chi connectivity index (χ3v) is 13.9. The molecule has 4 aromatic rings. The summed E-state index contributed by atoms with van der Waals surface area (Å²) >= 11 is 0. The van der Waals surface area contributed by atoms with Gasteiger partial charge in [0.2, 0.25) is 5.79 Å². The summed E-state index contributed by atoms with van der Waals surface area (Å²) in [4.78, 5) is 74.4. The molecule has 0 spiro atoms. The highest BCUT2D eigenvalue weighted by atomic mass is 16.6. The molecule has 0 radical (unpaired) electrons. The van der Waals surface area contributed by atoms with E-state index in [1.807, 2.05) is 0 Å². The number of rotatable bonds is 10. The van der Waals surface area contributed by atoms with Gasteiger partial charge in [-0.3, -0.25) is 28.8 Å². The van der Waals surface area contributed by atoms with Crippen LogP contribution in [0, 0.1) is 10.8 Å². The van der Waals surface area contributed by atoms with Crippen molar-refractivity contribution in [2.45, 2.75) is 80.9 Å². The molecule has 18 nitrogen and oxygen atoms in total. The van der Waals surface area contributed by atoms with E-state index in [0.29, 0.717) is 45.0 Å². The summed E-state index contributed by atoms with van der Waals surface area (Å²) in [7, 11) is 0. The van der Waals surface area contributed by atoms with Crippen molar-refractivity contribution in [1.82, 2.24) is 0 Å². The van der Waals surface area contributed by atoms with Crippen LogP contribution >= 0.6 is 0 Å². The van der Waals surface area contributed by atoms with Crippen LogP contribution in [-0.4, -0.2) is 117 Å². The van der Waals surface area contributed by atoms with Gasteiger partial charge in [0.05, 0.1) is 16.9 Å². The number of carboxylic acid groups (broad SMARTS) is 2. The molecule has 5 unspecified atom stereocenters. The summed E-state index contributed by atoms with van der Waals surface area (Å²) < 4.78 is 4.50. The fraction of sp³-hybridized carbons (Fsp3) is 0.362. The van der Waals surface area contributed by atoms with Crippen molar-refractivity contribution in [2.75, 3.05) is 13.2 Å². The van der Waals surface area contributed by atoms with Crippen molar-refractivity contribution < 1.29 is 80.1 Å². The number of esters is 2. The number of cyclic esters (lactones) is 2. The Labute approximate surface area is 366 Å². The highest BCUT2D eigenvalue weighted by Gasteiger charge is 2.58. The first-order chi connectivity index (χ1) is 30.5. The molecule has 3 fully saturated rings. The number of benzene rings is 2. The summed E-state index contributed by atoms with van der Waals surface area (Å²) in [6.07, 6.45) is -0.695. The molecule has 4 aliphatic carbocycles. The number of aliphatic hydroxyl groups excluding tert-OH is 4. The maximum Gasteiger partial charge on any atom is 0.331 e. The second-order valence-corrected chi connectivity index (χ2v) is 17.7. The third kappa shape index (κ3) is 6.82. The predicted octanol–water partition coefficient (Wildman–Crippen LogP) is 0.809. The molecule has 340 valence electrons. The van der Waals surface area contributed by atoms with Gasteiger partial charge in [0, 0.05) is 35.8 Å². The van der Waals surface area contributed by atoms with Crippen LogP contribution in [0.1, 0.15) is 77.8 Å². The first kappa shape index (κ1) is 45.2. The van der Waals surface area contributed by atoms with Gasteiger partial charge in [-0.1, -0.05) is 30.3 Å². The molecule has 65 heavy (non-hydrogen) atoms. The zero-order valence-electron chi connectivity index (χ0n) is 34.5. The minimum Gasteiger partial charge on any atom is -0.507 e. The molecule has 9 rings (SSSR count). The van der Waals surface area contributed by atoms with E-state index in [2.05, 4.69) is 4.74 Å². The van der Waals surface area contributed by atoms with Crippen LogP contribution in [-0.2, 0) is 36.8 Å². The zero-order valence-corrected chi connectivity index (χ0v) is 34.5. The normalized spacial score (nSPS) is 24.2. The molecule has 4 bridgehead atoms. The first-order valence-electron chi connectivity index (χ1n) is 20.6. The molecule has 11 N–H and O–H groups in total. The minimum atomic E-state index is -2.46. The predicted molar refractivity (Wildman–Crippen MR) is 226 cm³/mol. The van der Waals surface area contributed by atoms with Crippen molar-refractivity contribution in [2.24, 2.45) is 10.8 Å². The van der Waals surface area contributed by atoms with E-state index < -0.39 is 107 Å². The fourth-order valence-corrected chi connectivity index (χ4v) is 10.3. The summed E-state index contributed by atoms with van der Waals surface area (Å²) in [5.41, 5.74) is -3.92. The molecule has 5 aliphatic rings. The molecule has 1 aliphatic heterocycles. The van der Waals surface area contributed by atoms with Crippen LogP contribution in [0.25, 0.3) is 33.7 Å². The van der Waals surface area contributed by atoms with Gasteiger partial charge in [-0.15, -0.1) is 0 Å². The number of hydrogen-bond donors (Lipinski definition) is 11. The quantitative estimate of drug-likeness (QED) is 0.0596. The number of ether oxygens (including phenoxy) is 1. The third-order valence-electron chi connectivity index (χ3n) is 13.9. The van der Waals surface area contributed by atoms with Gasteiger partial charge in [0.1, 0.15) is 23.2 Å². The molecule has 4 aromatic carbocycles. The van der Waals surface area contributed by atoms with Gasteiger partial charge in [-0.05, 0) is 120 Å². The molecular weight excluding hydrogens is 852 g/mol. The Morgan fingerprint density at radius 1 is 0.692 bits per heavy atom. The fourth-order valence-electron chi connectivity index (χ4n) is 10.3. The molecule has 1 heterocycles. The van der Waals surface area contributed by atoms with E-state index in [1.165, 1.54) is 43.3 Å². The van der Waals surface area contributed by atoms with Crippen LogP contribution in [0.3, 0.4) is 0 Å². The number of aliphatic carboxylic acids is 2. The van der Waals surface area contributed by atoms with Crippen LogP contribution < -0.4 is 10.9 Å². The number of carbonyl (C=O) groups is 4. The lowest BCUT2D eigenvalue weighted by Crippen LogP contribution is -2.55. The van der Waals surface area contributed by atoms with Crippen LogP contribution in [0.15, 0.2) is 69.3 Å². The molecule has 18 heteroatoms. The lowest BCUT2D eigenvalue weighted by Gasteiger charge is -2.35. The van der Waals surface area contributed by atoms with Gasteiger partial charge >= 0.3 is 23.9 Å². The highest BCUT2D eigenvalue weighted by molar-refractivity contribution is 6.14. The SMILES string of the molecule is CC1(O)C2=Cc3cc(CC(CCO)(C(=O)O)C(=O)O)cc(=O)c4c(O)ccc(c34)C(C2)C1O.O=C1OC(=O)C1(CCO)Cc1cc2c3c(ccc(O)c3c(=O)c1)C1CC(=C2)C(O)(O)C1O. The molecular formula is C47H44O18. The monoisotopic (exact) mass is 896 g/mol. The van der Waals surface area contributed by atoms with E-state index >= 15 is 0 Å². The Morgan fingerprint density at radius 3 is 1.69 bits per heavy atom. The Kier molecular flexibility index (Phi) is 10.9. The lowest BCUT2D eigenvalue weighted by molar-refractivity contribution is -0.198. The average Bonchev–Trinajstić information content (AvgIpc) is 3.41. The van der Waals surface area contributed by atoms with Crippen molar-refractivity contribution in [3.8, 4) is 11.5 Å². The number of hydrogen-bond acceptors (Lipinski definition) is 16. The molecule has 1 saturated heterocycles. The van der Waals surface area contributed by atoms with E-state index in [9.17, 15) is 84.9 Å². The van der Waals surface area contributed by atoms with E-state index in [1.54, 1.807) is 18.2 Å². The van der Waals surface area contributed by atoms with Gasteiger partial charge in [0.15, 0.2) is 21.7 Å². The van der Waals surface area contributed by atoms with Gasteiger partial charge in [0.25, 0.3) is 0 Å². The highest BCUT2D eigenvalue weighted by Crippen LogP contribution is 2.52. The van der Waals surface area contributed by atoms with E-state index in [-0.39, 0.29) is 58.2 Å². The first-order valence-corrected chi connectivity index (χ1v) is 20.6. The van der Waals surface area contributed by atoms with Crippen LogP contribution in [0.5, 0.6) is 11.5 Å². The van der Waals surface area contributed by atoms with E-state index in [4.69, 9.17) is 0 Å². The second-order valence-electron chi connectivity index (χ2n) is 17.7. The average molecular weight is 897 g/mol. The summed E-state index contributed by atoms with van der Waals surface area (Å²) in [6.45, 7) is 0.356.